The molecular formula is C16H25N3O2. The van der Waals surface area contributed by atoms with Gasteiger partial charge in [0, 0.05) is 12.1 Å². The third-order valence-corrected chi connectivity index (χ3v) is 4.61. The Morgan fingerprint density at radius 2 is 2.33 bits per heavy atom. The highest BCUT2D eigenvalue weighted by Gasteiger charge is 2.32. The number of carbonyl (C=O) groups is 1. The molecule has 3 heterocycles. The zero-order valence-corrected chi connectivity index (χ0v) is 12.5. The number of rotatable bonds is 5. The Kier molecular flexibility index (Phi) is 4.93. The molecule has 0 bridgehead atoms. The molecule has 1 aromatic heterocycles. The molecule has 2 unspecified atom stereocenters. The van der Waals surface area contributed by atoms with Gasteiger partial charge in [-0.1, -0.05) is 6.42 Å². The fraction of sp³-hybridized carbons (Fsp3) is 0.688. The molecule has 2 aliphatic heterocycles. The number of carbonyl (C=O) groups excluding carboxylic acids is 1. The second-order valence-electron chi connectivity index (χ2n) is 6.09. The van der Waals surface area contributed by atoms with E-state index in [0.29, 0.717) is 25.2 Å². The topological polar surface area (TPSA) is 57.5 Å². The van der Waals surface area contributed by atoms with Crippen LogP contribution in [0.3, 0.4) is 0 Å². The molecule has 0 aromatic carbocycles. The fourth-order valence-electron chi connectivity index (χ4n) is 3.55. The van der Waals surface area contributed by atoms with E-state index >= 15 is 0 Å². The molecule has 21 heavy (non-hydrogen) atoms. The molecule has 2 fully saturated rings. The highest BCUT2D eigenvalue weighted by Crippen LogP contribution is 2.23. The maximum Gasteiger partial charge on any atom is 0.234 e. The first-order chi connectivity index (χ1) is 10.3. The standard InChI is InChI=1S/C16H25N3O2/c20-16(18-11-13-5-4-10-21-13)12-19-9-2-1-7-15(19)14-6-3-8-17-14/h4-5,10,14-15,17H,1-3,6-9,11-12H2,(H,18,20). The summed E-state index contributed by atoms with van der Waals surface area (Å²) < 4.78 is 5.24. The van der Waals surface area contributed by atoms with Crippen molar-refractivity contribution < 1.29 is 9.21 Å². The monoisotopic (exact) mass is 291 g/mol. The Morgan fingerprint density at radius 3 is 3.10 bits per heavy atom. The normalized spacial score (nSPS) is 26.9. The highest BCUT2D eigenvalue weighted by atomic mass is 16.3. The van der Waals surface area contributed by atoms with Crippen molar-refractivity contribution in [2.75, 3.05) is 19.6 Å². The molecule has 2 aliphatic rings. The van der Waals surface area contributed by atoms with Crippen LogP contribution in [0.4, 0.5) is 0 Å². The number of nitrogens with zero attached hydrogens (tertiary/aromatic N) is 1. The van der Waals surface area contributed by atoms with Gasteiger partial charge in [-0.25, -0.2) is 0 Å². The van der Waals surface area contributed by atoms with Gasteiger partial charge in [-0.3, -0.25) is 9.69 Å². The maximum atomic E-state index is 12.2. The molecule has 0 aliphatic carbocycles. The van der Waals surface area contributed by atoms with Crippen LogP contribution in [0.2, 0.25) is 0 Å². The van der Waals surface area contributed by atoms with Crippen molar-refractivity contribution in [3.63, 3.8) is 0 Å². The van der Waals surface area contributed by atoms with E-state index in [0.717, 1.165) is 18.8 Å². The first-order valence-electron chi connectivity index (χ1n) is 8.09. The van der Waals surface area contributed by atoms with Gasteiger partial charge in [0.1, 0.15) is 5.76 Å². The summed E-state index contributed by atoms with van der Waals surface area (Å²) in [7, 11) is 0. The van der Waals surface area contributed by atoms with Crippen molar-refractivity contribution in [1.82, 2.24) is 15.5 Å². The first kappa shape index (κ1) is 14.6. The number of piperidine rings is 1. The lowest BCUT2D eigenvalue weighted by atomic mass is 9.94. The minimum atomic E-state index is 0.0938. The lowest BCUT2D eigenvalue weighted by Crippen LogP contribution is -2.52. The molecule has 2 atom stereocenters. The van der Waals surface area contributed by atoms with Crippen molar-refractivity contribution in [3.05, 3.63) is 24.2 Å². The number of likely N-dealkylation sites (tertiary alicyclic amines) is 1. The number of furan rings is 1. The van der Waals surface area contributed by atoms with E-state index in [1.807, 2.05) is 12.1 Å². The van der Waals surface area contributed by atoms with Crippen LogP contribution in [0.15, 0.2) is 22.8 Å². The molecule has 3 rings (SSSR count). The molecular weight excluding hydrogens is 266 g/mol. The summed E-state index contributed by atoms with van der Waals surface area (Å²) in [4.78, 5) is 14.5. The third kappa shape index (κ3) is 3.86. The van der Waals surface area contributed by atoms with Crippen molar-refractivity contribution in [2.45, 2.75) is 50.7 Å². The van der Waals surface area contributed by atoms with E-state index in [2.05, 4.69) is 15.5 Å². The summed E-state index contributed by atoms with van der Waals surface area (Å²) in [5, 5.41) is 6.54. The van der Waals surface area contributed by atoms with Crippen LogP contribution in [0, 0.1) is 0 Å². The van der Waals surface area contributed by atoms with Crippen LogP contribution in [0.25, 0.3) is 0 Å². The SMILES string of the molecule is O=C(CN1CCCCC1C1CCCN1)NCc1ccco1. The number of nitrogens with one attached hydrogen (secondary N) is 2. The quantitative estimate of drug-likeness (QED) is 0.863. The van der Waals surface area contributed by atoms with E-state index in [4.69, 9.17) is 4.42 Å². The number of hydrogen-bond donors (Lipinski definition) is 2. The Labute approximate surface area is 126 Å². The molecule has 2 saturated heterocycles. The van der Waals surface area contributed by atoms with Gasteiger partial charge in [-0.05, 0) is 50.9 Å². The largest absolute Gasteiger partial charge is 0.467 e. The smallest absolute Gasteiger partial charge is 0.234 e. The van der Waals surface area contributed by atoms with E-state index in [-0.39, 0.29) is 5.91 Å². The summed E-state index contributed by atoms with van der Waals surface area (Å²) in [5.41, 5.74) is 0. The highest BCUT2D eigenvalue weighted by molar-refractivity contribution is 5.78. The summed E-state index contributed by atoms with van der Waals surface area (Å²) >= 11 is 0. The third-order valence-electron chi connectivity index (χ3n) is 4.61. The van der Waals surface area contributed by atoms with Crippen molar-refractivity contribution in [1.29, 1.82) is 0 Å². The van der Waals surface area contributed by atoms with Crippen molar-refractivity contribution >= 4 is 5.91 Å². The van der Waals surface area contributed by atoms with Gasteiger partial charge in [0.25, 0.3) is 0 Å². The van der Waals surface area contributed by atoms with Gasteiger partial charge in [-0.15, -0.1) is 0 Å². The Bertz CT molecular complexity index is 440. The van der Waals surface area contributed by atoms with Crippen LogP contribution in [-0.2, 0) is 11.3 Å². The van der Waals surface area contributed by atoms with E-state index in [1.165, 1.54) is 32.1 Å². The molecule has 1 amide bonds. The van der Waals surface area contributed by atoms with E-state index < -0.39 is 0 Å². The van der Waals surface area contributed by atoms with Crippen LogP contribution in [0.5, 0.6) is 0 Å². The minimum Gasteiger partial charge on any atom is -0.467 e. The van der Waals surface area contributed by atoms with Crippen LogP contribution >= 0.6 is 0 Å². The zero-order chi connectivity index (χ0) is 14.5. The number of hydrogen-bond acceptors (Lipinski definition) is 4. The van der Waals surface area contributed by atoms with E-state index in [9.17, 15) is 4.79 Å². The molecule has 116 valence electrons. The second kappa shape index (κ2) is 7.09. The second-order valence-corrected chi connectivity index (χ2v) is 6.09. The average Bonchev–Trinajstić information content (AvgIpc) is 3.19. The number of amides is 1. The predicted octanol–water partition coefficient (Wildman–Crippen LogP) is 1.50. The van der Waals surface area contributed by atoms with Gasteiger partial charge in [0.05, 0.1) is 19.4 Å². The lowest BCUT2D eigenvalue weighted by Gasteiger charge is -2.38. The van der Waals surface area contributed by atoms with Crippen LogP contribution in [-0.4, -0.2) is 42.5 Å². The first-order valence-corrected chi connectivity index (χ1v) is 8.09. The lowest BCUT2D eigenvalue weighted by molar-refractivity contribution is -0.123. The van der Waals surface area contributed by atoms with Gasteiger partial charge in [0.15, 0.2) is 0 Å². The Hall–Kier alpha value is -1.33. The van der Waals surface area contributed by atoms with Crippen molar-refractivity contribution in [2.24, 2.45) is 0 Å². The van der Waals surface area contributed by atoms with Gasteiger partial charge >= 0.3 is 0 Å². The van der Waals surface area contributed by atoms with Gasteiger partial charge in [-0.2, -0.15) is 0 Å². The predicted molar refractivity (Wildman–Crippen MR) is 80.8 cm³/mol. The van der Waals surface area contributed by atoms with E-state index in [1.54, 1.807) is 6.26 Å². The molecule has 0 radical (unpaired) electrons. The van der Waals surface area contributed by atoms with Crippen LogP contribution < -0.4 is 10.6 Å². The average molecular weight is 291 g/mol. The van der Waals surface area contributed by atoms with Crippen LogP contribution in [0.1, 0.15) is 37.9 Å². The Balaban J connectivity index is 1.50. The maximum absolute atomic E-state index is 12.2. The summed E-state index contributed by atoms with van der Waals surface area (Å²) in [6, 6.07) is 4.82. The molecule has 5 heteroatoms. The van der Waals surface area contributed by atoms with Gasteiger partial charge < -0.3 is 15.1 Å². The molecule has 0 spiro atoms. The van der Waals surface area contributed by atoms with Crippen molar-refractivity contribution in [3.8, 4) is 0 Å². The summed E-state index contributed by atoms with van der Waals surface area (Å²) in [6.07, 6.45) is 7.84. The molecule has 0 saturated carbocycles. The Morgan fingerprint density at radius 1 is 1.38 bits per heavy atom. The zero-order valence-electron chi connectivity index (χ0n) is 12.5. The summed E-state index contributed by atoms with van der Waals surface area (Å²) in [6.45, 7) is 3.15. The fourth-order valence-corrected chi connectivity index (χ4v) is 3.55. The molecule has 2 N–H and O–H groups in total. The molecule has 5 nitrogen and oxygen atoms in total. The summed E-state index contributed by atoms with van der Waals surface area (Å²) in [5.74, 6) is 0.896. The minimum absolute atomic E-state index is 0.0938. The van der Waals surface area contributed by atoms with Gasteiger partial charge in [0.2, 0.25) is 5.91 Å². The molecule has 1 aromatic rings.